The van der Waals surface area contributed by atoms with Crippen molar-refractivity contribution in [3.05, 3.63) is 47.7 Å². The molecule has 5 heteroatoms. The molecule has 2 N–H and O–H groups in total. The summed E-state index contributed by atoms with van der Waals surface area (Å²) in [5.41, 5.74) is 1.78. The molecule has 0 saturated carbocycles. The highest BCUT2D eigenvalue weighted by Gasteiger charge is 2.19. The van der Waals surface area contributed by atoms with Gasteiger partial charge < -0.3 is 19.6 Å². The zero-order chi connectivity index (χ0) is 15.2. The fourth-order valence-electron chi connectivity index (χ4n) is 2.05. The average molecular weight is 289 g/mol. The molecule has 2 rings (SSSR count). The van der Waals surface area contributed by atoms with E-state index in [1.807, 2.05) is 13.0 Å². The normalized spacial score (nSPS) is 10.9. The number of fused-ring (bicyclic) bond motifs is 1. The van der Waals surface area contributed by atoms with E-state index in [2.05, 4.69) is 11.9 Å². The molecule has 0 aliphatic heterocycles. The number of ether oxygens (including phenoxy) is 1. The Morgan fingerprint density at radius 1 is 1.43 bits per heavy atom. The molecular formula is C16H19NO4. The Bertz CT molecular complexity index is 645. The Hall–Kier alpha value is -2.11. The maximum atomic E-state index is 11.4. The molecule has 112 valence electrons. The number of aromatic carboxylic acids is 1. The predicted octanol–water partition coefficient (Wildman–Crippen LogP) is 2.81. The average Bonchev–Trinajstić information content (AvgIpc) is 2.80. The molecule has 0 amide bonds. The van der Waals surface area contributed by atoms with Gasteiger partial charge in [0.05, 0.1) is 19.8 Å². The van der Waals surface area contributed by atoms with Crippen LogP contribution in [0.5, 0.6) is 0 Å². The van der Waals surface area contributed by atoms with Gasteiger partial charge in [-0.25, -0.2) is 4.79 Å². The van der Waals surface area contributed by atoms with Crippen LogP contribution in [0, 0.1) is 0 Å². The lowest BCUT2D eigenvalue weighted by atomic mass is 10.1. The molecule has 1 aromatic carbocycles. The van der Waals surface area contributed by atoms with Gasteiger partial charge in [-0.15, -0.1) is 0 Å². The molecule has 0 aliphatic rings. The standard InChI is InChI=1S/C16H19NO4/c1-11(2)10-20-8-7-17-9-14-15(16(18)19)12-5-3-4-6-13(12)21-14/h3-6,17H,1,7-10H2,2H3,(H,18,19). The molecule has 1 aromatic heterocycles. The van der Waals surface area contributed by atoms with E-state index >= 15 is 0 Å². The molecule has 0 atom stereocenters. The van der Waals surface area contributed by atoms with Crippen molar-refractivity contribution >= 4 is 16.9 Å². The predicted molar refractivity (Wildman–Crippen MR) is 80.5 cm³/mol. The molecular weight excluding hydrogens is 270 g/mol. The highest BCUT2D eigenvalue weighted by atomic mass is 16.5. The first-order chi connectivity index (χ1) is 10.1. The zero-order valence-electron chi connectivity index (χ0n) is 12.0. The van der Waals surface area contributed by atoms with Crippen LogP contribution in [0.1, 0.15) is 23.0 Å². The smallest absolute Gasteiger partial charge is 0.339 e. The minimum atomic E-state index is -0.977. The second-order valence-electron chi connectivity index (χ2n) is 4.89. The van der Waals surface area contributed by atoms with Gasteiger partial charge in [-0.05, 0) is 13.0 Å². The van der Waals surface area contributed by atoms with Crippen LogP contribution in [0.3, 0.4) is 0 Å². The third kappa shape index (κ3) is 3.93. The summed E-state index contributed by atoms with van der Waals surface area (Å²) in [6.07, 6.45) is 0. The molecule has 1 heterocycles. The van der Waals surface area contributed by atoms with Crippen molar-refractivity contribution < 1.29 is 19.1 Å². The zero-order valence-corrected chi connectivity index (χ0v) is 12.0. The number of para-hydroxylation sites is 1. The molecule has 21 heavy (non-hydrogen) atoms. The van der Waals surface area contributed by atoms with Crippen LogP contribution in [-0.2, 0) is 11.3 Å². The van der Waals surface area contributed by atoms with Gasteiger partial charge in [0.25, 0.3) is 0 Å². The van der Waals surface area contributed by atoms with Crippen molar-refractivity contribution in [1.29, 1.82) is 0 Å². The van der Waals surface area contributed by atoms with E-state index in [0.29, 0.717) is 43.0 Å². The van der Waals surface area contributed by atoms with Gasteiger partial charge in [0.1, 0.15) is 16.9 Å². The number of carbonyl (C=O) groups is 1. The topological polar surface area (TPSA) is 71.7 Å². The first-order valence-corrected chi connectivity index (χ1v) is 6.76. The fourth-order valence-corrected chi connectivity index (χ4v) is 2.05. The van der Waals surface area contributed by atoms with Gasteiger partial charge in [0.2, 0.25) is 0 Å². The minimum absolute atomic E-state index is 0.223. The van der Waals surface area contributed by atoms with Crippen LogP contribution in [0.25, 0.3) is 11.0 Å². The van der Waals surface area contributed by atoms with Crippen LogP contribution < -0.4 is 5.32 Å². The number of rotatable bonds is 8. The van der Waals surface area contributed by atoms with E-state index in [9.17, 15) is 9.90 Å². The third-order valence-corrected chi connectivity index (χ3v) is 2.94. The number of carboxylic acid groups (broad SMARTS) is 1. The molecule has 5 nitrogen and oxygen atoms in total. The first kappa shape index (κ1) is 15.3. The number of furan rings is 1. The van der Waals surface area contributed by atoms with Gasteiger partial charge in [-0.1, -0.05) is 30.4 Å². The molecule has 0 fully saturated rings. The Labute approximate surface area is 123 Å². The van der Waals surface area contributed by atoms with Gasteiger partial charge >= 0.3 is 5.97 Å². The van der Waals surface area contributed by atoms with Crippen LogP contribution in [0.4, 0.5) is 0 Å². The number of carboxylic acids is 1. The lowest BCUT2D eigenvalue weighted by molar-refractivity contribution is 0.0696. The Kier molecular flexibility index (Phi) is 5.14. The summed E-state index contributed by atoms with van der Waals surface area (Å²) in [6, 6.07) is 7.14. The molecule has 0 saturated heterocycles. The lowest BCUT2D eigenvalue weighted by Gasteiger charge is -2.05. The molecule has 0 spiro atoms. The van der Waals surface area contributed by atoms with Crippen molar-refractivity contribution in [3.8, 4) is 0 Å². The van der Waals surface area contributed by atoms with E-state index in [4.69, 9.17) is 9.15 Å². The monoisotopic (exact) mass is 289 g/mol. The Morgan fingerprint density at radius 3 is 2.90 bits per heavy atom. The van der Waals surface area contributed by atoms with Gasteiger partial charge in [-0.2, -0.15) is 0 Å². The van der Waals surface area contributed by atoms with Crippen molar-refractivity contribution in [2.45, 2.75) is 13.5 Å². The highest BCUT2D eigenvalue weighted by Crippen LogP contribution is 2.25. The van der Waals surface area contributed by atoms with Gasteiger partial charge in [0, 0.05) is 11.9 Å². The summed E-state index contributed by atoms with van der Waals surface area (Å²) in [5.74, 6) is -0.543. The van der Waals surface area contributed by atoms with E-state index in [-0.39, 0.29) is 5.56 Å². The fraction of sp³-hybridized carbons (Fsp3) is 0.312. The Balaban J connectivity index is 1.97. The largest absolute Gasteiger partial charge is 0.478 e. The van der Waals surface area contributed by atoms with Crippen LogP contribution in [0.2, 0.25) is 0 Å². The summed E-state index contributed by atoms with van der Waals surface area (Å²) in [5, 5.41) is 13.1. The summed E-state index contributed by atoms with van der Waals surface area (Å²) < 4.78 is 11.0. The summed E-state index contributed by atoms with van der Waals surface area (Å²) in [4.78, 5) is 11.4. The number of benzene rings is 1. The quantitative estimate of drug-likeness (QED) is 0.577. The van der Waals surface area contributed by atoms with Crippen molar-refractivity contribution in [2.24, 2.45) is 0 Å². The van der Waals surface area contributed by atoms with Crippen molar-refractivity contribution in [2.75, 3.05) is 19.8 Å². The van der Waals surface area contributed by atoms with Crippen LogP contribution in [0.15, 0.2) is 40.8 Å². The molecule has 2 aromatic rings. The van der Waals surface area contributed by atoms with E-state index in [0.717, 1.165) is 5.57 Å². The SMILES string of the molecule is C=C(C)COCCNCc1oc2ccccc2c1C(=O)O. The molecule has 0 radical (unpaired) electrons. The van der Waals surface area contributed by atoms with Crippen LogP contribution >= 0.6 is 0 Å². The minimum Gasteiger partial charge on any atom is -0.478 e. The maximum absolute atomic E-state index is 11.4. The van der Waals surface area contributed by atoms with E-state index in [1.165, 1.54) is 0 Å². The van der Waals surface area contributed by atoms with Crippen LogP contribution in [-0.4, -0.2) is 30.8 Å². The maximum Gasteiger partial charge on any atom is 0.339 e. The molecule has 0 unspecified atom stereocenters. The second-order valence-corrected chi connectivity index (χ2v) is 4.89. The van der Waals surface area contributed by atoms with Gasteiger partial charge in [-0.3, -0.25) is 0 Å². The van der Waals surface area contributed by atoms with Crippen molar-refractivity contribution in [3.63, 3.8) is 0 Å². The van der Waals surface area contributed by atoms with E-state index < -0.39 is 5.97 Å². The Morgan fingerprint density at radius 2 is 2.19 bits per heavy atom. The highest BCUT2D eigenvalue weighted by molar-refractivity contribution is 6.03. The summed E-state index contributed by atoms with van der Waals surface area (Å²) in [7, 11) is 0. The summed E-state index contributed by atoms with van der Waals surface area (Å²) >= 11 is 0. The third-order valence-electron chi connectivity index (χ3n) is 2.94. The van der Waals surface area contributed by atoms with Gasteiger partial charge in [0.15, 0.2) is 0 Å². The number of nitrogens with one attached hydrogen (secondary N) is 1. The van der Waals surface area contributed by atoms with Crippen molar-refractivity contribution in [1.82, 2.24) is 5.32 Å². The first-order valence-electron chi connectivity index (χ1n) is 6.76. The lowest BCUT2D eigenvalue weighted by Crippen LogP contribution is -2.20. The second kappa shape index (κ2) is 7.06. The molecule has 0 aliphatic carbocycles. The number of hydrogen-bond donors (Lipinski definition) is 2. The summed E-state index contributed by atoms with van der Waals surface area (Å²) in [6.45, 7) is 7.69. The number of hydrogen-bond acceptors (Lipinski definition) is 4. The molecule has 0 bridgehead atoms. The van der Waals surface area contributed by atoms with E-state index in [1.54, 1.807) is 18.2 Å².